The predicted octanol–water partition coefficient (Wildman–Crippen LogP) is 5.31. The fraction of sp³-hybridized carbons (Fsp3) is 0.333. The van der Waals surface area contributed by atoms with Gasteiger partial charge in [0.2, 0.25) is 5.91 Å². The maximum Gasteiger partial charge on any atom is 0.312 e. The molecule has 0 aliphatic heterocycles. The van der Waals surface area contributed by atoms with Crippen molar-refractivity contribution in [3.63, 3.8) is 0 Å². The lowest BCUT2D eigenvalue weighted by molar-refractivity contribution is -0.386. The number of carbonyl (C=O) groups is 1. The highest BCUT2D eigenvalue weighted by atomic mass is 16.6. The summed E-state index contributed by atoms with van der Waals surface area (Å²) in [4.78, 5) is 34.5. The summed E-state index contributed by atoms with van der Waals surface area (Å²) in [5.74, 6) is -0.267. The molecule has 0 saturated carbocycles. The van der Waals surface area contributed by atoms with Crippen LogP contribution in [0.2, 0.25) is 0 Å². The Labute approximate surface area is 202 Å². The van der Waals surface area contributed by atoms with Gasteiger partial charge in [-0.2, -0.15) is 5.10 Å². The van der Waals surface area contributed by atoms with E-state index in [4.69, 9.17) is 4.74 Å². The lowest BCUT2D eigenvalue weighted by atomic mass is 10.1. The largest absolute Gasteiger partial charge is 0.457 e. The van der Waals surface area contributed by atoms with Gasteiger partial charge < -0.3 is 10.1 Å². The van der Waals surface area contributed by atoms with E-state index in [9.17, 15) is 25.0 Å². The molecule has 184 valence electrons. The zero-order valence-electron chi connectivity index (χ0n) is 20.4. The third-order valence-corrected chi connectivity index (χ3v) is 5.78. The van der Waals surface area contributed by atoms with Gasteiger partial charge in [0.05, 0.1) is 34.1 Å². The van der Waals surface area contributed by atoms with Gasteiger partial charge in [0.15, 0.2) is 0 Å². The minimum Gasteiger partial charge on any atom is -0.457 e. The Kier molecular flexibility index (Phi) is 7.18. The molecule has 0 saturated heterocycles. The van der Waals surface area contributed by atoms with E-state index in [0.29, 0.717) is 11.4 Å². The van der Waals surface area contributed by atoms with Crippen LogP contribution in [0, 0.1) is 60.8 Å². The number of hydrogen-bond donors (Lipinski definition) is 1. The number of hydrogen-bond acceptors (Lipinski definition) is 7. The van der Waals surface area contributed by atoms with Crippen LogP contribution in [0.25, 0.3) is 0 Å². The monoisotopic (exact) mass is 481 g/mol. The molecule has 1 unspecified atom stereocenters. The van der Waals surface area contributed by atoms with E-state index in [1.807, 2.05) is 32.9 Å². The van der Waals surface area contributed by atoms with Crippen LogP contribution < -0.4 is 10.1 Å². The molecule has 1 amide bonds. The highest BCUT2D eigenvalue weighted by molar-refractivity contribution is 5.92. The van der Waals surface area contributed by atoms with E-state index in [0.717, 1.165) is 16.7 Å². The Morgan fingerprint density at radius 2 is 1.74 bits per heavy atom. The smallest absolute Gasteiger partial charge is 0.312 e. The molecule has 1 aromatic heterocycles. The lowest BCUT2D eigenvalue weighted by Gasteiger charge is -2.15. The zero-order valence-corrected chi connectivity index (χ0v) is 20.4. The van der Waals surface area contributed by atoms with Gasteiger partial charge in [-0.15, -0.1) is 0 Å². The van der Waals surface area contributed by atoms with E-state index in [1.54, 1.807) is 13.8 Å². The Morgan fingerprint density at radius 3 is 2.34 bits per heavy atom. The van der Waals surface area contributed by atoms with Gasteiger partial charge in [-0.25, -0.2) is 0 Å². The molecule has 1 heterocycles. The van der Waals surface area contributed by atoms with Crippen LogP contribution in [0.15, 0.2) is 30.3 Å². The summed E-state index contributed by atoms with van der Waals surface area (Å²) < 4.78 is 7.38. The highest BCUT2D eigenvalue weighted by Gasteiger charge is 2.24. The third kappa shape index (κ3) is 5.62. The number of benzene rings is 2. The standard InChI is InChI=1S/C24H27N5O6/c1-13-7-14(2)16(4)22(8-13)35-21-10-19(9-20(11-21)28(31)32)25-24(30)15(3)12-27-18(6)23(29(33)34)17(5)26-27/h7-11,15H,12H2,1-6H3,(H,25,30). The minimum atomic E-state index is -0.627. The quantitative estimate of drug-likeness (QED) is 0.339. The van der Waals surface area contributed by atoms with Crippen molar-refractivity contribution in [2.24, 2.45) is 5.92 Å². The minimum absolute atomic E-state index is 0.0836. The molecule has 0 aliphatic carbocycles. The molecule has 2 aromatic carbocycles. The topological polar surface area (TPSA) is 142 Å². The second-order valence-electron chi connectivity index (χ2n) is 8.63. The number of amides is 1. The first-order valence-corrected chi connectivity index (χ1v) is 10.9. The van der Waals surface area contributed by atoms with E-state index in [2.05, 4.69) is 10.4 Å². The summed E-state index contributed by atoms with van der Waals surface area (Å²) in [6.45, 7) is 10.6. The number of nitrogens with one attached hydrogen (secondary N) is 1. The van der Waals surface area contributed by atoms with Gasteiger partial charge in [0.25, 0.3) is 5.69 Å². The number of nitrogens with zero attached hydrogens (tertiary/aromatic N) is 4. The summed E-state index contributed by atoms with van der Waals surface area (Å²) >= 11 is 0. The molecular weight excluding hydrogens is 454 g/mol. The zero-order chi connectivity index (χ0) is 26.0. The molecule has 1 atom stereocenters. The van der Waals surface area contributed by atoms with Crippen LogP contribution in [0.1, 0.15) is 35.0 Å². The van der Waals surface area contributed by atoms with E-state index < -0.39 is 21.7 Å². The van der Waals surface area contributed by atoms with Crippen molar-refractivity contribution in [1.29, 1.82) is 0 Å². The number of anilines is 1. The molecule has 1 N–H and O–H groups in total. The average molecular weight is 482 g/mol. The van der Waals surface area contributed by atoms with Gasteiger partial charge in [-0.05, 0) is 57.4 Å². The summed E-state index contributed by atoms with van der Waals surface area (Å²) in [5, 5.41) is 29.6. The summed E-state index contributed by atoms with van der Waals surface area (Å²) in [6, 6.07) is 7.92. The van der Waals surface area contributed by atoms with Gasteiger partial charge in [0, 0.05) is 12.1 Å². The lowest BCUT2D eigenvalue weighted by Crippen LogP contribution is -2.25. The number of aromatic nitrogens is 2. The van der Waals surface area contributed by atoms with Crippen molar-refractivity contribution in [2.45, 2.75) is 48.1 Å². The number of aryl methyl sites for hydroxylation is 3. The molecule has 3 rings (SSSR count). The van der Waals surface area contributed by atoms with Crippen LogP contribution >= 0.6 is 0 Å². The second kappa shape index (κ2) is 9.92. The van der Waals surface area contributed by atoms with Crippen LogP contribution in [-0.2, 0) is 11.3 Å². The van der Waals surface area contributed by atoms with Crippen LogP contribution in [-0.4, -0.2) is 25.5 Å². The summed E-state index contributed by atoms with van der Waals surface area (Å²) in [5.41, 5.74) is 3.41. The Hall–Kier alpha value is -4.28. The van der Waals surface area contributed by atoms with Crippen molar-refractivity contribution >= 4 is 23.0 Å². The molecule has 11 heteroatoms. The maximum absolute atomic E-state index is 12.9. The van der Waals surface area contributed by atoms with Crippen molar-refractivity contribution in [1.82, 2.24) is 9.78 Å². The van der Waals surface area contributed by atoms with Crippen molar-refractivity contribution in [2.75, 3.05) is 5.32 Å². The van der Waals surface area contributed by atoms with Crippen molar-refractivity contribution in [3.8, 4) is 11.5 Å². The number of nitro benzene ring substituents is 1. The molecular formula is C24H27N5O6. The molecule has 0 spiro atoms. The van der Waals surface area contributed by atoms with Crippen molar-refractivity contribution in [3.05, 3.63) is 78.6 Å². The Balaban J connectivity index is 1.84. The molecule has 0 radical (unpaired) electrons. The van der Waals surface area contributed by atoms with Crippen LogP contribution in [0.5, 0.6) is 11.5 Å². The highest BCUT2D eigenvalue weighted by Crippen LogP contribution is 2.33. The average Bonchev–Trinajstić information content (AvgIpc) is 3.04. The first kappa shape index (κ1) is 25.3. The number of ether oxygens (including phenoxy) is 1. The van der Waals surface area contributed by atoms with Crippen molar-refractivity contribution < 1.29 is 19.4 Å². The van der Waals surface area contributed by atoms with Crippen LogP contribution in [0.3, 0.4) is 0 Å². The number of rotatable bonds is 8. The van der Waals surface area contributed by atoms with E-state index in [1.165, 1.54) is 29.8 Å². The Bertz CT molecular complexity index is 1330. The van der Waals surface area contributed by atoms with Gasteiger partial charge in [0.1, 0.15) is 22.9 Å². The number of nitro groups is 2. The van der Waals surface area contributed by atoms with Gasteiger partial charge >= 0.3 is 5.69 Å². The maximum atomic E-state index is 12.9. The second-order valence-corrected chi connectivity index (χ2v) is 8.63. The summed E-state index contributed by atoms with van der Waals surface area (Å²) in [7, 11) is 0. The van der Waals surface area contributed by atoms with E-state index in [-0.39, 0.29) is 35.1 Å². The predicted molar refractivity (Wildman–Crippen MR) is 130 cm³/mol. The number of non-ortho nitro benzene ring substituents is 1. The van der Waals surface area contributed by atoms with Gasteiger partial charge in [-0.3, -0.25) is 29.7 Å². The molecule has 0 fully saturated rings. The first-order chi connectivity index (χ1) is 16.4. The molecule has 35 heavy (non-hydrogen) atoms. The SMILES string of the molecule is Cc1cc(C)c(C)c(Oc2cc(NC(=O)C(C)Cn3nc(C)c([N+](=O)[O-])c3C)cc([N+](=O)[O-])c2)c1. The fourth-order valence-electron chi connectivity index (χ4n) is 3.79. The normalized spacial score (nSPS) is 11.7. The van der Waals surface area contributed by atoms with Gasteiger partial charge in [-0.1, -0.05) is 13.0 Å². The Morgan fingerprint density at radius 1 is 1.06 bits per heavy atom. The molecule has 3 aromatic rings. The summed E-state index contributed by atoms with van der Waals surface area (Å²) in [6.07, 6.45) is 0. The van der Waals surface area contributed by atoms with Crippen LogP contribution in [0.4, 0.5) is 17.1 Å². The van der Waals surface area contributed by atoms with E-state index >= 15 is 0 Å². The number of carbonyl (C=O) groups excluding carboxylic acids is 1. The molecule has 0 bridgehead atoms. The fourth-order valence-corrected chi connectivity index (χ4v) is 3.79. The molecule has 0 aliphatic rings. The third-order valence-electron chi connectivity index (χ3n) is 5.78. The first-order valence-electron chi connectivity index (χ1n) is 10.9. The molecule has 11 nitrogen and oxygen atoms in total.